The van der Waals surface area contributed by atoms with Gasteiger partial charge in [-0.1, -0.05) is 0 Å². The molecule has 0 atom stereocenters. The van der Waals surface area contributed by atoms with E-state index in [1.165, 1.54) is 0 Å². The molecule has 1 aliphatic carbocycles. The van der Waals surface area contributed by atoms with E-state index in [1.807, 2.05) is 0 Å². The zero-order chi connectivity index (χ0) is 11.8. The molecule has 1 nitrogen and oxygen atoms in total. The minimum Gasteiger partial charge on any atom is -0.382 e. The normalized spacial score (nSPS) is 16.2. The summed E-state index contributed by atoms with van der Waals surface area (Å²) in [5.74, 6) is -0.308. The van der Waals surface area contributed by atoms with Crippen LogP contribution in [0.3, 0.4) is 0 Å². The number of rotatable bonds is 3. The summed E-state index contributed by atoms with van der Waals surface area (Å²) >= 11 is 0. The molecular weight excluding hydrogens is 222 g/mol. The Hall–Kier alpha value is -1.26. The quantitative estimate of drug-likeness (QED) is 0.785. The van der Waals surface area contributed by atoms with E-state index in [0.717, 1.165) is 25.0 Å². The molecule has 1 saturated carbocycles. The first kappa shape index (κ1) is 11.2. The van der Waals surface area contributed by atoms with Crippen molar-refractivity contribution in [1.82, 2.24) is 0 Å². The molecule has 0 aromatic heterocycles. The van der Waals surface area contributed by atoms with Gasteiger partial charge in [0.05, 0.1) is 11.3 Å². The Morgan fingerprint density at radius 2 is 1.94 bits per heavy atom. The Morgan fingerprint density at radius 1 is 1.25 bits per heavy atom. The summed E-state index contributed by atoms with van der Waals surface area (Å²) in [6.07, 6.45) is -2.28. The van der Waals surface area contributed by atoms with Gasteiger partial charge in [-0.05, 0) is 37.0 Å². The molecule has 0 aliphatic heterocycles. The van der Waals surface area contributed by atoms with Gasteiger partial charge in [-0.25, -0.2) is 4.39 Å². The minimum absolute atomic E-state index is 0.139. The smallest absolute Gasteiger partial charge is 0.382 e. The van der Waals surface area contributed by atoms with Gasteiger partial charge < -0.3 is 5.32 Å². The summed E-state index contributed by atoms with van der Waals surface area (Å²) in [4.78, 5) is 0. The molecule has 16 heavy (non-hydrogen) atoms. The summed E-state index contributed by atoms with van der Waals surface area (Å²) < 4.78 is 50.0. The topological polar surface area (TPSA) is 12.0 Å². The van der Waals surface area contributed by atoms with Gasteiger partial charge in [-0.3, -0.25) is 0 Å². The Labute approximate surface area is 90.5 Å². The van der Waals surface area contributed by atoms with Crippen molar-refractivity contribution in [2.45, 2.75) is 19.0 Å². The molecule has 1 fully saturated rings. The van der Waals surface area contributed by atoms with Crippen LogP contribution in [0.25, 0.3) is 0 Å². The molecule has 0 radical (unpaired) electrons. The van der Waals surface area contributed by atoms with Crippen LogP contribution in [0.15, 0.2) is 18.2 Å². The molecule has 1 aliphatic rings. The summed E-state index contributed by atoms with van der Waals surface area (Å²) in [6.45, 7) is 0.627. The van der Waals surface area contributed by atoms with Gasteiger partial charge in [-0.15, -0.1) is 0 Å². The van der Waals surface area contributed by atoms with Crippen molar-refractivity contribution in [1.29, 1.82) is 0 Å². The van der Waals surface area contributed by atoms with Crippen molar-refractivity contribution in [3.63, 3.8) is 0 Å². The highest BCUT2D eigenvalue weighted by molar-refractivity contribution is 5.47. The predicted octanol–water partition coefficient (Wildman–Crippen LogP) is 3.67. The molecule has 0 spiro atoms. The highest BCUT2D eigenvalue weighted by Gasteiger charge is 2.31. The first-order valence-corrected chi connectivity index (χ1v) is 5.07. The Bertz CT molecular complexity index is 382. The molecule has 0 unspecified atom stereocenters. The summed E-state index contributed by atoms with van der Waals surface area (Å²) in [5.41, 5.74) is -0.818. The van der Waals surface area contributed by atoms with Gasteiger partial charge in [0.1, 0.15) is 5.82 Å². The maximum absolute atomic E-state index is 13.3. The van der Waals surface area contributed by atoms with Gasteiger partial charge in [0.15, 0.2) is 0 Å². The average Bonchev–Trinajstić information content (AvgIpc) is 2.98. The zero-order valence-electron chi connectivity index (χ0n) is 8.44. The van der Waals surface area contributed by atoms with Crippen molar-refractivity contribution in [3.05, 3.63) is 29.6 Å². The lowest BCUT2D eigenvalue weighted by Gasteiger charge is -2.10. The minimum atomic E-state index is -4.49. The second-order valence-corrected chi connectivity index (χ2v) is 4.02. The fraction of sp³-hybridized carbons (Fsp3) is 0.455. The number of nitrogens with one attached hydrogen (secondary N) is 1. The van der Waals surface area contributed by atoms with Crippen molar-refractivity contribution < 1.29 is 17.6 Å². The summed E-state index contributed by atoms with van der Waals surface area (Å²) in [7, 11) is 0. The fourth-order valence-electron chi connectivity index (χ4n) is 1.41. The second-order valence-electron chi connectivity index (χ2n) is 4.02. The van der Waals surface area contributed by atoms with Crippen LogP contribution < -0.4 is 5.32 Å². The molecule has 0 bridgehead atoms. The molecule has 0 saturated heterocycles. The molecule has 5 heteroatoms. The van der Waals surface area contributed by atoms with E-state index < -0.39 is 17.6 Å². The maximum atomic E-state index is 13.3. The Morgan fingerprint density at radius 3 is 2.44 bits per heavy atom. The molecule has 0 amide bonds. The molecule has 1 aromatic rings. The number of benzene rings is 1. The molecular formula is C11H11F4N. The average molecular weight is 233 g/mol. The Balaban J connectivity index is 2.09. The van der Waals surface area contributed by atoms with E-state index in [-0.39, 0.29) is 5.69 Å². The number of halogens is 4. The molecule has 1 aromatic carbocycles. The standard InChI is InChI=1S/C11H11F4N/c12-9-5-8(11(13,14)15)3-4-10(9)16-6-7-1-2-7/h3-5,7,16H,1-2,6H2. The highest BCUT2D eigenvalue weighted by atomic mass is 19.4. The maximum Gasteiger partial charge on any atom is 0.416 e. The van der Waals surface area contributed by atoms with Gasteiger partial charge in [0.25, 0.3) is 0 Å². The lowest BCUT2D eigenvalue weighted by atomic mass is 10.2. The third-order valence-electron chi connectivity index (χ3n) is 2.57. The van der Waals surface area contributed by atoms with Crippen LogP contribution in [-0.2, 0) is 6.18 Å². The van der Waals surface area contributed by atoms with E-state index in [4.69, 9.17) is 0 Å². The van der Waals surface area contributed by atoms with E-state index in [0.29, 0.717) is 18.5 Å². The molecule has 1 N–H and O–H groups in total. The van der Waals surface area contributed by atoms with E-state index in [9.17, 15) is 17.6 Å². The zero-order valence-corrected chi connectivity index (χ0v) is 8.44. The molecule has 2 rings (SSSR count). The monoisotopic (exact) mass is 233 g/mol. The first-order chi connectivity index (χ1) is 7.47. The lowest BCUT2D eigenvalue weighted by Crippen LogP contribution is -2.08. The van der Waals surface area contributed by atoms with Crippen molar-refractivity contribution in [2.24, 2.45) is 5.92 Å². The van der Waals surface area contributed by atoms with E-state index in [1.54, 1.807) is 0 Å². The van der Waals surface area contributed by atoms with Crippen molar-refractivity contribution in [2.75, 3.05) is 11.9 Å². The predicted molar refractivity (Wildman–Crippen MR) is 52.6 cm³/mol. The van der Waals surface area contributed by atoms with Crippen LogP contribution in [0.5, 0.6) is 0 Å². The first-order valence-electron chi connectivity index (χ1n) is 5.07. The van der Waals surface area contributed by atoms with Gasteiger partial charge in [0.2, 0.25) is 0 Å². The third-order valence-corrected chi connectivity index (χ3v) is 2.57. The van der Waals surface area contributed by atoms with Crippen LogP contribution in [0.4, 0.5) is 23.2 Å². The summed E-state index contributed by atoms with van der Waals surface area (Å²) in [6, 6.07) is 2.55. The van der Waals surface area contributed by atoms with Crippen LogP contribution in [0, 0.1) is 11.7 Å². The molecule has 0 heterocycles. The van der Waals surface area contributed by atoms with Crippen molar-refractivity contribution in [3.8, 4) is 0 Å². The SMILES string of the molecule is Fc1cc(C(F)(F)F)ccc1NCC1CC1. The Kier molecular flexibility index (Phi) is 2.78. The van der Waals surface area contributed by atoms with Gasteiger partial charge in [0, 0.05) is 6.54 Å². The van der Waals surface area contributed by atoms with E-state index >= 15 is 0 Å². The third kappa shape index (κ3) is 2.65. The number of hydrogen-bond donors (Lipinski definition) is 1. The van der Waals surface area contributed by atoms with Crippen LogP contribution in [-0.4, -0.2) is 6.54 Å². The fourth-order valence-corrected chi connectivity index (χ4v) is 1.41. The van der Waals surface area contributed by atoms with Crippen LogP contribution >= 0.6 is 0 Å². The van der Waals surface area contributed by atoms with Gasteiger partial charge >= 0.3 is 6.18 Å². The van der Waals surface area contributed by atoms with Gasteiger partial charge in [-0.2, -0.15) is 13.2 Å². The highest BCUT2D eigenvalue weighted by Crippen LogP contribution is 2.32. The van der Waals surface area contributed by atoms with E-state index in [2.05, 4.69) is 5.32 Å². The largest absolute Gasteiger partial charge is 0.416 e. The van der Waals surface area contributed by atoms with Crippen LogP contribution in [0.1, 0.15) is 18.4 Å². The molecule has 88 valence electrons. The second kappa shape index (κ2) is 3.96. The van der Waals surface area contributed by atoms with Crippen molar-refractivity contribution >= 4 is 5.69 Å². The summed E-state index contributed by atoms with van der Waals surface area (Å²) in [5, 5.41) is 2.81. The van der Waals surface area contributed by atoms with Crippen LogP contribution in [0.2, 0.25) is 0 Å². The lowest BCUT2D eigenvalue weighted by molar-refractivity contribution is -0.137. The number of hydrogen-bond acceptors (Lipinski definition) is 1. The number of anilines is 1. The number of alkyl halides is 3.